The van der Waals surface area contributed by atoms with Gasteiger partial charge in [-0.2, -0.15) is 18.3 Å². The van der Waals surface area contributed by atoms with Crippen molar-refractivity contribution < 1.29 is 27.8 Å². The summed E-state index contributed by atoms with van der Waals surface area (Å²) in [6.07, 6.45) is -0.543. The van der Waals surface area contributed by atoms with Gasteiger partial charge in [-0.1, -0.05) is 12.1 Å². The highest BCUT2D eigenvalue weighted by atomic mass is 19.4. The lowest BCUT2D eigenvalue weighted by Crippen LogP contribution is -2.49. The summed E-state index contributed by atoms with van der Waals surface area (Å²) in [5.74, 6) is -0.0429. The summed E-state index contributed by atoms with van der Waals surface area (Å²) in [6.45, 7) is 0.722. The topological polar surface area (TPSA) is 80.5 Å². The van der Waals surface area contributed by atoms with Crippen molar-refractivity contribution in [2.45, 2.75) is 24.6 Å². The Kier molecular flexibility index (Phi) is 4.79. The summed E-state index contributed by atoms with van der Waals surface area (Å²) in [5.41, 5.74) is 1.36. The number of amides is 1. The highest BCUT2D eigenvalue weighted by molar-refractivity contribution is 6.02. The largest absolute Gasteiger partial charge is 0.506 e. The van der Waals surface area contributed by atoms with E-state index in [1.165, 1.54) is 0 Å². The Labute approximate surface area is 203 Å². The van der Waals surface area contributed by atoms with E-state index in [9.17, 15) is 23.1 Å². The third kappa shape index (κ3) is 3.31. The van der Waals surface area contributed by atoms with Crippen LogP contribution in [0.4, 0.5) is 13.2 Å². The molecule has 7 nitrogen and oxygen atoms in total. The summed E-state index contributed by atoms with van der Waals surface area (Å²) < 4.78 is 47.4. The van der Waals surface area contributed by atoms with Gasteiger partial charge in [0.25, 0.3) is 5.91 Å². The zero-order valence-corrected chi connectivity index (χ0v) is 19.2. The molecule has 4 aromatic rings. The van der Waals surface area contributed by atoms with E-state index in [0.717, 1.165) is 47.0 Å². The molecule has 1 spiro atoms. The molecule has 1 N–H and O–H groups in total. The molecule has 0 radical (unpaired) electrons. The van der Waals surface area contributed by atoms with E-state index in [-0.39, 0.29) is 22.2 Å². The fourth-order valence-corrected chi connectivity index (χ4v) is 5.23. The van der Waals surface area contributed by atoms with Gasteiger partial charge in [0.2, 0.25) is 0 Å². The number of aromatic hydroxyl groups is 1. The molecule has 0 saturated carbocycles. The molecule has 1 amide bonds. The molecular formula is C26H21F3N4O3. The Hall–Kier alpha value is -4.08. The zero-order chi connectivity index (χ0) is 25.2. The number of aryl methyl sites for hydroxylation is 1. The summed E-state index contributed by atoms with van der Waals surface area (Å²) in [6, 6.07) is 10.7. The highest BCUT2D eigenvalue weighted by Crippen LogP contribution is 2.49. The van der Waals surface area contributed by atoms with Crippen LogP contribution in [0.3, 0.4) is 0 Å². The molecule has 6 rings (SSSR count). The van der Waals surface area contributed by atoms with Crippen molar-refractivity contribution in [3.8, 4) is 22.8 Å². The lowest BCUT2D eigenvalue weighted by molar-refractivity contribution is -0.137. The summed E-state index contributed by atoms with van der Waals surface area (Å²) in [7, 11) is 1.89. The van der Waals surface area contributed by atoms with Crippen molar-refractivity contribution in [1.29, 1.82) is 0 Å². The second-order valence-corrected chi connectivity index (χ2v) is 9.17. The van der Waals surface area contributed by atoms with Crippen molar-refractivity contribution in [1.82, 2.24) is 19.7 Å². The average molecular weight is 494 g/mol. The van der Waals surface area contributed by atoms with E-state index in [2.05, 4.69) is 10.1 Å². The molecule has 0 unspecified atom stereocenters. The number of para-hydroxylation sites is 1. The van der Waals surface area contributed by atoms with E-state index >= 15 is 0 Å². The minimum absolute atomic E-state index is 0.0325. The van der Waals surface area contributed by atoms with Gasteiger partial charge in [-0.15, -0.1) is 0 Å². The Morgan fingerprint density at radius 2 is 1.86 bits per heavy atom. The van der Waals surface area contributed by atoms with Gasteiger partial charge >= 0.3 is 6.18 Å². The molecule has 1 saturated heterocycles. The first-order valence-corrected chi connectivity index (χ1v) is 11.5. The first kappa shape index (κ1) is 22.4. The standard InChI is InChI=1S/C26H21F3N4O3/c1-32-22-17-4-2-3-5-21(17)36-25(19(22)14-31-32)8-10-33(11-9-25)24(35)18-13-30-20-12-15(26(27,28)29)6-7-16(20)23(18)34/h2-7,12-14H,8-11H2,1H3,(H,30,34). The molecule has 10 heteroatoms. The predicted molar refractivity (Wildman–Crippen MR) is 124 cm³/mol. The molecule has 184 valence electrons. The van der Waals surface area contributed by atoms with Gasteiger partial charge in [0.15, 0.2) is 0 Å². The molecule has 0 atom stereocenters. The average Bonchev–Trinajstić information content (AvgIpc) is 3.26. The number of alkyl halides is 3. The molecule has 2 aliphatic rings. The first-order chi connectivity index (χ1) is 17.2. The first-order valence-electron chi connectivity index (χ1n) is 11.5. The van der Waals surface area contributed by atoms with Gasteiger partial charge in [-0.3, -0.25) is 14.5 Å². The molecule has 2 aliphatic heterocycles. The molecule has 0 bridgehead atoms. The van der Waals surface area contributed by atoms with Crippen molar-refractivity contribution >= 4 is 16.8 Å². The molecule has 2 aromatic heterocycles. The minimum atomic E-state index is -4.53. The fraction of sp³-hybridized carbons (Fsp3) is 0.269. The SMILES string of the molecule is Cn1ncc2c1-c1ccccc1OC21CCN(C(=O)c2cnc3cc(C(F)(F)F)ccc3c2O)CC1. The number of likely N-dealkylation sites (tertiary alicyclic amines) is 1. The molecule has 4 heterocycles. The van der Waals surface area contributed by atoms with E-state index in [1.54, 1.807) is 4.90 Å². The van der Waals surface area contributed by atoms with Crippen LogP contribution in [0, 0.1) is 0 Å². The second kappa shape index (κ2) is 7.71. The maximum atomic E-state index is 13.3. The number of ether oxygens (including phenoxy) is 1. The third-order valence-corrected chi connectivity index (χ3v) is 7.13. The van der Waals surface area contributed by atoms with Crippen LogP contribution >= 0.6 is 0 Å². The molecule has 1 fully saturated rings. The summed E-state index contributed by atoms with van der Waals surface area (Å²) >= 11 is 0. The minimum Gasteiger partial charge on any atom is -0.506 e. The summed E-state index contributed by atoms with van der Waals surface area (Å²) in [4.78, 5) is 18.9. The number of hydrogen-bond donors (Lipinski definition) is 1. The molecule has 0 aliphatic carbocycles. The van der Waals surface area contributed by atoms with Crippen LogP contribution < -0.4 is 4.74 Å². The fourth-order valence-electron chi connectivity index (χ4n) is 5.23. The highest BCUT2D eigenvalue weighted by Gasteiger charge is 2.46. The van der Waals surface area contributed by atoms with Gasteiger partial charge in [-0.25, -0.2) is 0 Å². The Morgan fingerprint density at radius 3 is 2.61 bits per heavy atom. The van der Waals surface area contributed by atoms with Crippen LogP contribution in [-0.4, -0.2) is 43.8 Å². The number of fused-ring (bicyclic) bond motifs is 5. The number of piperidine rings is 1. The van der Waals surface area contributed by atoms with Crippen LogP contribution in [0.2, 0.25) is 0 Å². The van der Waals surface area contributed by atoms with Gasteiger partial charge in [0.1, 0.15) is 22.7 Å². The molecule has 36 heavy (non-hydrogen) atoms. The number of pyridine rings is 1. The van der Waals surface area contributed by atoms with Gasteiger partial charge in [0, 0.05) is 55.7 Å². The van der Waals surface area contributed by atoms with Crippen LogP contribution in [0.1, 0.15) is 34.3 Å². The Morgan fingerprint density at radius 1 is 1.11 bits per heavy atom. The normalized spacial score (nSPS) is 16.5. The number of hydrogen-bond acceptors (Lipinski definition) is 5. The van der Waals surface area contributed by atoms with Crippen molar-refractivity contribution in [2.24, 2.45) is 7.05 Å². The van der Waals surface area contributed by atoms with Crippen LogP contribution in [0.25, 0.3) is 22.2 Å². The Balaban J connectivity index is 1.27. The predicted octanol–water partition coefficient (Wildman–Crippen LogP) is 4.88. The van der Waals surface area contributed by atoms with Crippen LogP contribution in [0.15, 0.2) is 54.9 Å². The number of nitrogens with zero attached hydrogens (tertiary/aromatic N) is 4. The third-order valence-electron chi connectivity index (χ3n) is 7.13. The quantitative estimate of drug-likeness (QED) is 0.408. The van der Waals surface area contributed by atoms with E-state index < -0.39 is 23.2 Å². The van der Waals surface area contributed by atoms with Gasteiger partial charge < -0.3 is 14.7 Å². The maximum absolute atomic E-state index is 13.3. The van der Waals surface area contributed by atoms with E-state index in [1.807, 2.05) is 42.2 Å². The summed E-state index contributed by atoms with van der Waals surface area (Å²) in [5, 5.41) is 15.3. The van der Waals surface area contributed by atoms with Crippen LogP contribution in [0.5, 0.6) is 11.5 Å². The number of benzene rings is 2. The van der Waals surface area contributed by atoms with Gasteiger partial charge in [0.05, 0.1) is 23.0 Å². The number of carbonyl (C=O) groups is 1. The molecular weight excluding hydrogens is 473 g/mol. The van der Waals surface area contributed by atoms with E-state index in [4.69, 9.17) is 4.74 Å². The van der Waals surface area contributed by atoms with E-state index in [0.29, 0.717) is 25.9 Å². The monoisotopic (exact) mass is 494 g/mol. The number of aromatic nitrogens is 3. The van der Waals surface area contributed by atoms with Crippen LogP contribution in [-0.2, 0) is 18.8 Å². The molecule has 2 aromatic carbocycles. The van der Waals surface area contributed by atoms with Gasteiger partial charge in [-0.05, 0) is 30.3 Å². The van der Waals surface area contributed by atoms with Crippen molar-refractivity contribution in [2.75, 3.05) is 13.1 Å². The van der Waals surface area contributed by atoms with Crippen molar-refractivity contribution in [3.05, 3.63) is 71.5 Å². The smallest absolute Gasteiger partial charge is 0.416 e. The van der Waals surface area contributed by atoms with Crippen molar-refractivity contribution in [3.63, 3.8) is 0 Å². The second-order valence-electron chi connectivity index (χ2n) is 9.17. The Bertz CT molecular complexity index is 1520. The number of rotatable bonds is 1. The zero-order valence-electron chi connectivity index (χ0n) is 19.2. The lowest BCUT2D eigenvalue weighted by Gasteiger charge is -2.44. The maximum Gasteiger partial charge on any atom is 0.416 e. The lowest BCUT2D eigenvalue weighted by atomic mass is 9.81. The number of carbonyl (C=O) groups excluding carboxylic acids is 1. The number of halogens is 3.